The molecule has 0 aromatic heterocycles. The van der Waals surface area contributed by atoms with E-state index in [4.69, 9.17) is 5.11 Å². The van der Waals surface area contributed by atoms with Gasteiger partial charge in [0, 0.05) is 7.05 Å². The molecular formula is C9H9NO3. The predicted molar refractivity (Wildman–Crippen MR) is 46.8 cm³/mol. The number of carbonyl (C=O) groups is 2. The third-order valence-electron chi connectivity index (χ3n) is 1.63. The van der Waals surface area contributed by atoms with Crippen molar-refractivity contribution in [3.05, 3.63) is 35.4 Å². The Kier molecular flexibility index (Phi) is 2.64. The molecule has 0 fully saturated rings. The molecule has 0 unspecified atom stereocenters. The second-order valence-electron chi connectivity index (χ2n) is 2.43. The summed E-state index contributed by atoms with van der Waals surface area (Å²) in [5.41, 5.74) is 0.194. The van der Waals surface area contributed by atoms with E-state index in [2.05, 4.69) is 5.32 Å². The Morgan fingerprint density at radius 2 is 1.77 bits per heavy atom. The number of aromatic carboxylic acids is 1. The summed E-state index contributed by atoms with van der Waals surface area (Å²) in [5.74, 6) is -1.49. The van der Waals surface area contributed by atoms with Crippen molar-refractivity contribution in [2.75, 3.05) is 7.05 Å². The largest absolute Gasteiger partial charge is 0.478 e. The first kappa shape index (κ1) is 9.25. The molecule has 68 valence electrons. The van der Waals surface area contributed by atoms with Crippen LogP contribution < -0.4 is 5.32 Å². The van der Waals surface area contributed by atoms with E-state index >= 15 is 0 Å². The standard InChI is InChI=1S/C9H9NO3/c1-10-8(11)6-4-2-3-5-7(6)9(12)13/h2-5H,1H3,(H,10,11)(H,12,13). The van der Waals surface area contributed by atoms with Gasteiger partial charge in [-0.1, -0.05) is 12.1 Å². The van der Waals surface area contributed by atoms with Crippen molar-refractivity contribution in [2.45, 2.75) is 0 Å². The second-order valence-corrected chi connectivity index (χ2v) is 2.43. The molecule has 1 amide bonds. The van der Waals surface area contributed by atoms with Crippen LogP contribution in [0.2, 0.25) is 0 Å². The lowest BCUT2D eigenvalue weighted by molar-refractivity contribution is 0.0691. The average molecular weight is 179 g/mol. The molecule has 0 bridgehead atoms. The summed E-state index contributed by atoms with van der Waals surface area (Å²) in [6.45, 7) is 0. The van der Waals surface area contributed by atoms with Crippen molar-refractivity contribution >= 4 is 11.9 Å². The Balaban J connectivity index is 3.19. The molecule has 0 aliphatic carbocycles. The van der Waals surface area contributed by atoms with Crippen molar-refractivity contribution < 1.29 is 14.7 Å². The molecule has 0 atom stereocenters. The molecule has 0 saturated heterocycles. The molecule has 0 radical (unpaired) electrons. The van der Waals surface area contributed by atoms with E-state index in [1.165, 1.54) is 19.2 Å². The molecular weight excluding hydrogens is 170 g/mol. The molecule has 13 heavy (non-hydrogen) atoms. The van der Waals surface area contributed by atoms with Gasteiger partial charge in [-0.15, -0.1) is 0 Å². The van der Waals surface area contributed by atoms with Crippen LogP contribution in [0.5, 0.6) is 0 Å². The van der Waals surface area contributed by atoms with Gasteiger partial charge >= 0.3 is 5.97 Å². The number of rotatable bonds is 2. The molecule has 4 heteroatoms. The van der Waals surface area contributed by atoms with Crippen LogP contribution in [0.15, 0.2) is 24.3 Å². The maximum absolute atomic E-state index is 11.2. The molecule has 0 spiro atoms. The highest BCUT2D eigenvalue weighted by atomic mass is 16.4. The lowest BCUT2D eigenvalue weighted by atomic mass is 10.1. The fraction of sp³-hybridized carbons (Fsp3) is 0.111. The van der Waals surface area contributed by atoms with Crippen LogP contribution >= 0.6 is 0 Å². The summed E-state index contributed by atoms with van der Waals surface area (Å²) < 4.78 is 0. The Hall–Kier alpha value is -1.84. The number of carboxylic acids is 1. The van der Waals surface area contributed by atoms with Gasteiger partial charge in [0.05, 0.1) is 11.1 Å². The second kappa shape index (κ2) is 3.71. The van der Waals surface area contributed by atoms with E-state index in [0.717, 1.165) is 0 Å². The summed E-state index contributed by atoms with van der Waals surface area (Å²) in [6.07, 6.45) is 0. The third-order valence-corrected chi connectivity index (χ3v) is 1.63. The average Bonchev–Trinajstić information content (AvgIpc) is 2.16. The summed E-state index contributed by atoms with van der Waals surface area (Å²) >= 11 is 0. The van der Waals surface area contributed by atoms with Gasteiger partial charge in [0.15, 0.2) is 0 Å². The minimum atomic E-state index is -1.10. The van der Waals surface area contributed by atoms with Crippen LogP contribution in [-0.2, 0) is 0 Å². The van der Waals surface area contributed by atoms with Gasteiger partial charge in [-0.25, -0.2) is 4.79 Å². The van der Waals surface area contributed by atoms with Gasteiger partial charge in [0.2, 0.25) is 0 Å². The first-order valence-corrected chi connectivity index (χ1v) is 3.71. The van der Waals surface area contributed by atoms with Gasteiger partial charge in [0.25, 0.3) is 5.91 Å². The van der Waals surface area contributed by atoms with E-state index < -0.39 is 11.9 Å². The van der Waals surface area contributed by atoms with Crippen LogP contribution in [0.3, 0.4) is 0 Å². The highest BCUT2D eigenvalue weighted by Gasteiger charge is 2.13. The molecule has 0 saturated carbocycles. The van der Waals surface area contributed by atoms with Crippen LogP contribution in [-0.4, -0.2) is 24.0 Å². The number of amides is 1. The fourth-order valence-electron chi connectivity index (χ4n) is 1.00. The van der Waals surface area contributed by atoms with Gasteiger partial charge in [-0.05, 0) is 12.1 Å². The quantitative estimate of drug-likeness (QED) is 0.703. The smallest absolute Gasteiger partial charge is 0.336 e. The van der Waals surface area contributed by atoms with E-state index in [1.54, 1.807) is 12.1 Å². The third kappa shape index (κ3) is 1.84. The number of hydrogen-bond acceptors (Lipinski definition) is 2. The summed E-state index contributed by atoms with van der Waals surface area (Å²) in [6, 6.07) is 6.07. The lowest BCUT2D eigenvalue weighted by Gasteiger charge is -2.02. The first-order valence-electron chi connectivity index (χ1n) is 3.71. The fourth-order valence-corrected chi connectivity index (χ4v) is 1.00. The van der Waals surface area contributed by atoms with Crippen LogP contribution in [0, 0.1) is 0 Å². The van der Waals surface area contributed by atoms with Crippen molar-refractivity contribution in [1.82, 2.24) is 5.32 Å². The minimum absolute atomic E-state index is 0.0156. The Morgan fingerprint density at radius 3 is 2.23 bits per heavy atom. The molecule has 1 rings (SSSR count). The summed E-state index contributed by atoms with van der Waals surface area (Å²) in [5, 5.41) is 11.1. The van der Waals surface area contributed by atoms with Crippen molar-refractivity contribution in [1.29, 1.82) is 0 Å². The monoisotopic (exact) mass is 179 g/mol. The van der Waals surface area contributed by atoms with Crippen molar-refractivity contribution in [3.63, 3.8) is 0 Å². The highest BCUT2D eigenvalue weighted by Crippen LogP contribution is 2.07. The number of hydrogen-bond donors (Lipinski definition) is 2. The molecule has 1 aromatic carbocycles. The Labute approximate surface area is 75.2 Å². The van der Waals surface area contributed by atoms with Crippen LogP contribution in [0.4, 0.5) is 0 Å². The van der Waals surface area contributed by atoms with Crippen LogP contribution in [0.25, 0.3) is 0 Å². The van der Waals surface area contributed by atoms with Crippen molar-refractivity contribution in [3.8, 4) is 0 Å². The zero-order valence-corrected chi connectivity index (χ0v) is 7.07. The van der Waals surface area contributed by atoms with E-state index in [9.17, 15) is 9.59 Å². The molecule has 2 N–H and O–H groups in total. The molecule has 0 aliphatic rings. The van der Waals surface area contributed by atoms with Crippen LogP contribution in [0.1, 0.15) is 20.7 Å². The van der Waals surface area contributed by atoms with Gasteiger partial charge in [0.1, 0.15) is 0 Å². The van der Waals surface area contributed by atoms with Gasteiger partial charge in [-0.3, -0.25) is 4.79 Å². The van der Waals surface area contributed by atoms with E-state index in [-0.39, 0.29) is 11.1 Å². The predicted octanol–water partition coefficient (Wildman–Crippen LogP) is 0.744. The Morgan fingerprint density at radius 1 is 1.23 bits per heavy atom. The van der Waals surface area contributed by atoms with Crippen molar-refractivity contribution in [2.24, 2.45) is 0 Å². The van der Waals surface area contributed by atoms with Gasteiger partial charge < -0.3 is 10.4 Å². The summed E-state index contributed by atoms with van der Waals surface area (Å²) in [7, 11) is 1.46. The highest BCUT2D eigenvalue weighted by molar-refractivity contribution is 6.04. The number of carboxylic acid groups (broad SMARTS) is 1. The van der Waals surface area contributed by atoms with E-state index in [0.29, 0.717) is 0 Å². The summed E-state index contributed by atoms with van der Waals surface area (Å²) in [4.78, 5) is 21.8. The van der Waals surface area contributed by atoms with E-state index in [1.807, 2.05) is 0 Å². The van der Waals surface area contributed by atoms with Gasteiger partial charge in [-0.2, -0.15) is 0 Å². The lowest BCUT2D eigenvalue weighted by Crippen LogP contribution is -2.20. The first-order chi connectivity index (χ1) is 6.16. The zero-order valence-electron chi connectivity index (χ0n) is 7.07. The number of carbonyl (C=O) groups excluding carboxylic acids is 1. The number of nitrogens with one attached hydrogen (secondary N) is 1. The molecule has 0 aliphatic heterocycles. The zero-order chi connectivity index (χ0) is 9.84. The SMILES string of the molecule is CNC(=O)c1ccccc1C(=O)O. The number of benzene rings is 1. The topological polar surface area (TPSA) is 66.4 Å². The Bertz CT molecular complexity index is 346. The maximum atomic E-state index is 11.2. The molecule has 0 heterocycles. The minimum Gasteiger partial charge on any atom is -0.478 e. The maximum Gasteiger partial charge on any atom is 0.336 e. The molecule has 4 nitrogen and oxygen atoms in total. The normalized spacial score (nSPS) is 9.31. The molecule has 1 aromatic rings.